The molecule has 2 saturated heterocycles. The minimum absolute atomic E-state index is 0.0272. The molecule has 0 aliphatic carbocycles. The molecule has 2 fully saturated rings. The van der Waals surface area contributed by atoms with E-state index in [-0.39, 0.29) is 29.7 Å². The molecule has 12 nitrogen and oxygen atoms in total. The highest BCUT2D eigenvalue weighted by Gasteiger charge is 2.32. The normalized spacial score (nSPS) is 16.0. The third-order valence-corrected chi connectivity index (χ3v) is 8.54. The summed E-state index contributed by atoms with van der Waals surface area (Å²) in [6, 6.07) is 12.0. The zero-order valence-corrected chi connectivity index (χ0v) is 24.2. The van der Waals surface area contributed by atoms with E-state index in [4.69, 9.17) is 4.74 Å². The lowest BCUT2D eigenvalue weighted by atomic mass is 9.96. The number of rotatable bonds is 9. The molecule has 0 radical (unpaired) electrons. The van der Waals surface area contributed by atoms with Gasteiger partial charge < -0.3 is 14.5 Å². The highest BCUT2D eigenvalue weighted by Crippen LogP contribution is 2.29. The van der Waals surface area contributed by atoms with E-state index >= 15 is 0 Å². The topological polar surface area (TPSA) is 153 Å². The van der Waals surface area contributed by atoms with Crippen molar-refractivity contribution in [3.8, 4) is 6.07 Å². The van der Waals surface area contributed by atoms with E-state index < -0.39 is 28.0 Å². The van der Waals surface area contributed by atoms with Crippen LogP contribution in [0.15, 0.2) is 36.4 Å². The standard InChI is InChI=1S/C28H34N6O6S/c1-19(2)40-28(37)23-16-21(17-29)26(30-24(23)18-34-13-7-10-25(34)35)33-14-11-20(12-15-33)27(36)31-41(38,39)32(3)22-8-5-4-6-9-22/h4-6,8-9,16,19-20H,7,10-15,18H2,1-3H3,(H,31,36). The average molecular weight is 583 g/mol. The number of hydrogen-bond donors (Lipinski definition) is 1. The van der Waals surface area contributed by atoms with Crippen LogP contribution in [0.1, 0.15) is 61.1 Å². The smallest absolute Gasteiger partial charge is 0.340 e. The number of aromatic nitrogens is 1. The van der Waals surface area contributed by atoms with Gasteiger partial charge in [-0.15, -0.1) is 0 Å². The zero-order valence-electron chi connectivity index (χ0n) is 23.4. The number of ether oxygens (including phenoxy) is 1. The summed E-state index contributed by atoms with van der Waals surface area (Å²) in [5.41, 5.74) is 1.08. The van der Waals surface area contributed by atoms with Crippen LogP contribution in [-0.2, 0) is 31.1 Å². The molecule has 13 heteroatoms. The van der Waals surface area contributed by atoms with Gasteiger partial charge in [-0.1, -0.05) is 18.2 Å². The van der Waals surface area contributed by atoms with Gasteiger partial charge in [0.05, 0.1) is 35.2 Å². The lowest BCUT2D eigenvalue weighted by molar-refractivity contribution is -0.128. The first-order valence-corrected chi connectivity index (χ1v) is 15.0. The number of carbonyl (C=O) groups is 3. The average Bonchev–Trinajstić information content (AvgIpc) is 3.36. The molecule has 2 amide bonds. The number of esters is 1. The van der Waals surface area contributed by atoms with Crippen LogP contribution in [0.25, 0.3) is 0 Å². The van der Waals surface area contributed by atoms with E-state index in [0.717, 1.165) is 10.7 Å². The van der Waals surface area contributed by atoms with Crippen molar-refractivity contribution in [2.75, 3.05) is 35.9 Å². The van der Waals surface area contributed by atoms with Gasteiger partial charge in [-0.2, -0.15) is 13.7 Å². The number of para-hydroxylation sites is 1. The molecule has 0 saturated carbocycles. The van der Waals surface area contributed by atoms with Crippen molar-refractivity contribution in [3.05, 3.63) is 53.2 Å². The molecule has 2 aliphatic rings. The molecule has 41 heavy (non-hydrogen) atoms. The summed E-state index contributed by atoms with van der Waals surface area (Å²) in [5.74, 6) is -1.45. The third-order valence-electron chi connectivity index (χ3n) is 7.15. The van der Waals surface area contributed by atoms with Crippen molar-refractivity contribution in [1.29, 1.82) is 5.26 Å². The zero-order chi connectivity index (χ0) is 29.7. The fourth-order valence-corrected chi connectivity index (χ4v) is 5.86. The molecular weight excluding hydrogens is 548 g/mol. The van der Waals surface area contributed by atoms with Crippen molar-refractivity contribution < 1.29 is 27.5 Å². The van der Waals surface area contributed by atoms with Crippen LogP contribution in [0.4, 0.5) is 11.5 Å². The maximum Gasteiger partial charge on any atom is 0.340 e. The van der Waals surface area contributed by atoms with Crippen molar-refractivity contribution >= 4 is 39.5 Å². The lowest BCUT2D eigenvalue weighted by Gasteiger charge is -2.33. The van der Waals surface area contributed by atoms with Crippen molar-refractivity contribution in [1.82, 2.24) is 14.6 Å². The van der Waals surface area contributed by atoms with Gasteiger partial charge in [0.15, 0.2) is 0 Å². The molecule has 4 rings (SSSR count). The number of hydrogen-bond acceptors (Lipinski definition) is 9. The van der Waals surface area contributed by atoms with Gasteiger partial charge in [0, 0.05) is 39.0 Å². The second kappa shape index (κ2) is 12.6. The Morgan fingerprint density at radius 1 is 1.20 bits per heavy atom. The fraction of sp³-hybridized carbons (Fsp3) is 0.464. The maximum absolute atomic E-state index is 12.9. The molecule has 0 bridgehead atoms. The summed E-state index contributed by atoms with van der Waals surface area (Å²) < 4.78 is 34.1. The highest BCUT2D eigenvalue weighted by molar-refractivity contribution is 7.91. The summed E-state index contributed by atoms with van der Waals surface area (Å²) in [5, 5.41) is 9.90. The molecule has 0 unspecified atom stereocenters. The van der Waals surface area contributed by atoms with Crippen LogP contribution in [0, 0.1) is 17.2 Å². The summed E-state index contributed by atoms with van der Waals surface area (Å²) in [4.78, 5) is 46.3. The highest BCUT2D eigenvalue weighted by atomic mass is 32.2. The van der Waals surface area contributed by atoms with Gasteiger partial charge in [-0.05, 0) is 51.3 Å². The Morgan fingerprint density at radius 3 is 2.46 bits per heavy atom. The first-order chi connectivity index (χ1) is 19.5. The van der Waals surface area contributed by atoms with Gasteiger partial charge in [0.2, 0.25) is 11.8 Å². The Labute approximate surface area is 240 Å². The van der Waals surface area contributed by atoms with E-state index in [1.165, 1.54) is 13.1 Å². The number of piperidine rings is 1. The minimum Gasteiger partial charge on any atom is -0.459 e. The fourth-order valence-electron chi connectivity index (χ4n) is 4.90. The summed E-state index contributed by atoms with van der Waals surface area (Å²) in [6.07, 6.45) is 1.44. The van der Waals surface area contributed by atoms with Gasteiger partial charge in [0.1, 0.15) is 11.9 Å². The molecule has 2 aromatic rings. The first kappa shape index (κ1) is 29.8. The molecule has 1 aromatic carbocycles. The van der Waals surface area contributed by atoms with Crippen LogP contribution in [0.2, 0.25) is 0 Å². The van der Waals surface area contributed by atoms with Gasteiger partial charge in [-0.25, -0.2) is 14.5 Å². The Kier molecular flexibility index (Phi) is 9.12. The minimum atomic E-state index is -4.09. The number of benzene rings is 1. The summed E-state index contributed by atoms with van der Waals surface area (Å²) >= 11 is 0. The molecular formula is C28H34N6O6S. The molecule has 1 N–H and O–H groups in total. The van der Waals surface area contributed by atoms with E-state index in [0.29, 0.717) is 56.1 Å². The molecule has 218 valence electrons. The van der Waals surface area contributed by atoms with E-state index in [1.54, 1.807) is 49.1 Å². The lowest BCUT2D eigenvalue weighted by Crippen LogP contribution is -2.47. The Bertz CT molecular complexity index is 1450. The van der Waals surface area contributed by atoms with Gasteiger partial charge in [-0.3, -0.25) is 13.9 Å². The summed E-state index contributed by atoms with van der Waals surface area (Å²) in [7, 11) is -2.72. The van der Waals surface area contributed by atoms with Crippen molar-refractivity contribution in [2.24, 2.45) is 5.92 Å². The third kappa shape index (κ3) is 6.94. The number of carbonyl (C=O) groups excluding carboxylic acids is 3. The van der Waals surface area contributed by atoms with E-state index in [1.807, 2.05) is 4.90 Å². The van der Waals surface area contributed by atoms with Gasteiger partial charge >= 0.3 is 16.2 Å². The number of amides is 2. The SMILES string of the molecule is CC(C)OC(=O)c1cc(C#N)c(N2CCC(C(=O)NS(=O)(=O)N(C)c3ccccc3)CC2)nc1CN1CCCC1=O. The second-order valence-electron chi connectivity index (χ2n) is 10.4. The Morgan fingerprint density at radius 2 is 1.88 bits per heavy atom. The van der Waals surface area contributed by atoms with E-state index in [9.17, 15) is 28.1 Å². The Balaban J connectivity index is 1.50. The van der Waals surface area contributed by atoms with Gasteiger partial charge in [0.25, 0.3) is 0 Å². The molecule has 3 heterocycles. The van der Waals surface area contributed by atoms with Crippen LogP contribution < -0.4 is 13.9 Å². The Hall–Kier alpha value is -4.18. The predicted molar refractivity (Wildman–Crippen MR) is 151 cm³/mol. The van der Waals surface area contributed by atoms with Crippen molar-refractivity contribution in [3.63, 3.8) is 0 Å². The number of nitrogens with one attached hydrogen (secondary N) is 1. The largest absolute Gasteiger partial charge is 0.459 e. The van der Waals surface area contributed by atoms with E-state index in [2.05, 4.69) is 15.8 Å². The summed E-state index contributed by atoms with van der Waals surface area (Å²) in [6.45, 7) is 4.79. The molecule has 0 spiro atoms. The van der Waals surface area contributed by atoms with Crippen LogP contribution in [-0.4, -0.2) is 68.9 Å². The number of likely N-dealkylation sites (tertiary alicyclic amines) is 1. The number of anilines is 2. The monoisotopic (exact) mass is 582 g/mol. The first-order valence-electron chi connectivity index (χ1n) is 13.5. The van der Waals surface area contributed by atoms with Crippen molar-refractivity contribution in [2.45, 2.75) is 52.2 Å². The number of nitrogens with zero attached hydrogens (tertiary/aromatic N) is 5. The van der Waals surface area contributed by atoms with Crippen LogP contribution in [0.5, 0.6) is 0 Å². The number of nitriles is 1. The molecule has 2 aliphatic heterocycles. The second-order valence-corrected chi connectivity index (χ2v) is 12.1. The van der Waals surface area contributed by atoms with Crippen LogP contribution >= 0.6 is 0 Å². The maximum atomic E-state index is 12.9. The quantitative estimate of drug-likeness (QED) is 0.439. The molecule has 0 atom stereocenters. The number of pyridine rings is 1. The van der Waals surface area contributed by atoms with Crippen LogP contribution in [0.3, 0.4) is 0 Å². The predicted octanol–water partition coefficient (Wildman–Crippen LogP) is 2.35. The molecule has 1 aromatic heterocycles.